The molecule has 116 valence electrons. The first-order chi connectivity index (χ1) is 9.93. The summed E-state index contributed by atoms with van der Waals surface area (Å²) in [6.45, 7) is 3.99. The monoisotopic (exact) mass is 314 g/mol. The van der Waals surface area contributed by atoms with Crippen molar-refractivity contribution in [2.75, 3.05) is 20.4 Å². The van der Waals surface area contributed by atoms with Crippen molar-refractivity contribution >= 4 is 23.6 Å². The zero-order valence-electron chi connectivity index (χ0n) is 12.3. The highest BCUT2D eigenvalue weighted by atomic mass is 35.5. The molecule has 2 N–H and O–H groups in total. The number of aryl methyl sites for hydroxylation is 2. The summed E-state index contributed by atoms with van der Waals surface area (Å²) >= 11 is 6.06. The molecule has 0 unspecified atom stereocenters. The second-order valence-electron chi connectivity index (χ2n) is 4.42. The number of nitrogens with one attached hydrogen (secondary N) is 2. The van der Waals surface area contributed by atoms with E-state index in [4.69, 9.17) is 16.3 Å². The SMILES string of the molecule is COC(=O)CCNC(=O)NCOc1cc(C)c(Cl)c(C)c1. The third kappa shape index (κ3) is 5.91. The van der Waals surface area contributed by atoms with E-state index >= 15 is 0 Å². The number of esters is 1. The van der Waals surface area contributed by atoms with E-state index in [0.717, 1.165) is 11.1 Å². The molecule has 2 amide bonds. The Balaban J connectivity index is 2.30. The Morgan fingerprint density at radius 1 is 1.19 bits per heavy atom. The number of methoxy groups -OCH3 is 1. The lowest BCUT2D eigenvalue weighted by molar-refractivity contribution is -0.140. The zero-order valence-corrected chi connectivity index (χ0v) is 13.0. The second kappa shape index (κ2) is 8.36. The molecular formula is C14H19ClN2O4. The molecule has 0 saturated heterocycles. The number of halogens is 1. The standard InChI is InChI=1S/C14H19ClN2O4/c1-9-6-11(7-10(2)13(9)15)21-8-17-14(19)16-5-4-12(18)20-3/h6-7H,4-5,8H2,1-3H3,(H2,16,17,19). The number of amides is 2. The third-order valence-corrected chi connectivity index (χ3v) is 3.32. The molecule has 1 rings (SSSR count). The fourth-order valence-corrected chi connectivity index (χ4v) is 1.73. The van der Waals surface area contributed by atoms with Crippen LogP contribution in [-0.4, -0.2) is 32.4 Å². The van der Waals surface area contributed by atoms with Crippen molar-refractivity contribution in [1.82, 2.24) is 10.6 Å². The van der Waals surface area contributed by atoms with Gasteiger partial charge >= 0.3 is 12.0 Å². The molecule has 0 atom stereocenters. The van der Waals surface area contributed by atoms with Crippen LogP contribution in [0.3, 0.4) is 0 Å². The van der Waals surface area contributed by atoms with Crippen molar-refractivity contribution in [2.45, 2.75) is 20.3 Å². The van der Waals surface area contributed by atoms with E-state index in [1.54, 1.807) is 12.1 Å². The Kier molecular flexibility index (Phi) is 6.81. The van der Waals surface area contributed by atoms with Gasteiger partial charge < -0.3 is 20.1 Å². The number of benzene rings is 1. The first-order valence-electron chi connectivity index (χ1n) is 6.42. The second-order valence-corrected chi connectivity index (χ2v) is 4.80. The molecule has 6 nitrogen and oxygen atoms in total. The van der Waals surface area contributed by atoms with Crippen LogP contribution < -0.4 is 15.4 Å². The Hall–Kier alpha value is -1.95. The van der Waals surface area contributed by atoms with Crippen LogP contribution in [0.2, 0.25) is 5.02 Å². The largest absolute Gasteiger partial charge is 0.473 e. The summed E-state index contributed by atoms with van der Waals surface area (Å²) in [6.07, 6.45) is 0.125. The normalized spacial score (nSPS) is 9.90. The summed E-state index contributed by atoms with van der Waals surface area (Å²) in [6, 6.07) is 3.18. The van der Waals surface area contributed by atoms with E-state index in [1.165, 1.54) is 7.11 Å². The third-order valence-electron chi connectivity index (χ3n) is 2.72. The number of ether oxygens (including phenoxy) is 2. The fourth-order valence-electron chi connectivity index (χ4n) is 1.62. The molecule has 0 aliphatic carbocycles. The van der Waals surface area contributed by atoms with Crippen LogP contribution in [0.25, 0.3) is 0 Å². The average Bonchev–Trinajstić information content (AvgIpc) is 2.44. The van der Waals surface area contributed by atoms with Crippen LogP contribution in [0, 0.1) is 13.8 Å². The molecule has 21 heavy (non-hydrogen) atoms. The summed E-state index contributed by atoms with van der Waals surface area (Å²) in [7, 11) is 1.30. The number of carbonyl (C=O) groups excluding carboxylic acids is 2. The summed E-state index contributed by atoms with van der Waals surface area (Å²) in [5.74, 6) is 0.253. The average molecular weight is 315 g/mol. The van der Waals surface area contributed by atoms with Crippen LogP contribution in [0.4, 0.5) is 4.79 Å². The van der Waals surface area contributed by atoms with Gasteiger partial charge in [0.25, 0.3) is 0 Å². The minimum absolute atomic E-state index is 0.0184. The number of rotatable bonds is 6. The maximum absolute atomic E-state index is 11.4. The van der Waals surface area contributed by atoms with Crippen molar-refractivity contribution < 1.29 is 19.1 Å². The summed E-state index contributed by atoms with van der Waals surface area (Å²) in [5, 5.41) is 5.74. The first kappa shape index (κ1) is 17.1. The maximum atomic E-state index is 11.4. The van der Waals surface area contributed by atoms with Gasteiger partial charge in [-0.25, -0.2) is 4.79 Å². The van der Waals surface area contributed by atoms with Gasteiger partial charge in [0.15, 0.2) is 6.73 Å². The van der Waals surface area contributed by atoms with Gasteiger partial charge in [-0.2, -0.15) is 0 Å². The lowest BCUT2D eigenvalue weighted by Gasteiger charge is -2.11. The van der Waals surface area contributed by atoms with E-state index in [2.05, 4.69) is 15.4 Å². The van der Waals surface area contributed by atoms with Crippen molar-refractivity contribution in [1.29, 1.82) is 0 Å². The molecule has 0 saturated carbocycles. The Bertz CT molecular complexity index is 497. The van der Waals surface area contributed by atoms with Gasteiger partial charge in [-0.15, -0.1) is 0 Å². The van der Waals surface area contributed by atoms with Gasteiger partial charge in [0, 0.05) is 11.6 Å². The van der Waals surface area contributed by atoms with Crippen LogP contribution in [-0.2, 0) is 9.53 Å². The van der Waals surface area contributed by atoms with Gasteiger partial charge in [0.1, 0.15) is 5.75 Å². The molecule has 0 heterocycles. The van der Waals surface area contributed by atoms with Crippen molar-refractivity contribution in [3.63, 3.8) is 0 Å². The molecular weight excluding hydrogens is 296 g/mol. The van der Waals surface area contributed by atoms with E-state index in [1.807, 2.05) is 13.8 Å². The van der Waals surface area contributed by atoms with E-state index in [0.29, 0.717) is 10.8 Å². The summed E-state index contributed by atoms with van der Waals surface area (Å²) < 4.78 is 9.88. The Labute approximate surface area is 128 Å². The predicted molar refractivity (Wildman–Crippen MR) is 79.6 cm³/mol. The smallest absolute Gasteiger partial charge is 0.317 e. The van der Waals surface area contributed by atoms with E-state index in [9.17, 15) is 9.59 Å². The van der Waals surface area contributed by atoms with Gasteiger partial charge in [0.05, 0.1) is 13.5 Å². The lowest BCUT2D eigenvalue weighted by atomic mass is 10.1. The molecule has 7 heteroatoms. The van der Waals surface area contributed by atoms with E-state index < -0.39 is 6.03 Å². The molecule has 0 aliphatic rings. The highest BCUT2D eigenvalue weighted by Crippen LogP contribution is 2.25. The summed E-state index contributed by atoms with van der Waals surface area (Å²) in [5.41, 5.74) is 1.82. The number of hydrogen-bond acceptors (Lipinski definition) is 4. The molecule has 1 aromatic rings. The molecule has 0 bridgehead atoms. The van der Waals surface area contributed by atoms with Crippen LogP contribution in [0.1, 0.15) is 17.5 Å². The van der Waals surface area contributed by atoms with Crippen molar-refractivity contribution in [3.05, 3.63) is 28.3 Å². The first-order valence-corrected chi connectivity index (χ1v) is 6.80. The summed E-state index contributed by atoms with van der Waals surface area (Å²) in [4.78, 5) is 22.3. The Morgan fingerprint density at radius 2 is 1.81 bits per heavy atom. The Morgan fingerprint density at radius 3 is 2.38 bits per heavy atom. The lowest BCUT2D eigenvalue weighted by Crippen LogP contribution is -2.38. The van der Waals surface area contributed by atoms with Crippen LogP contribution in [0.5, 0.6) is 5.75 Å². The van der Waals surface area contributed by atoms with Gasteiger partial charge in [0.2, 0.25) is 0 Å². The molecule has 0 spiro atoms. The fraction of sp³-hybridized carbons (Fsp3) is 0.429. The maximum Gasteiger partial charge on any atom is 0.317 e. The van der Waals surface area contributed by atoms with Gasteiger partial charge in [-0.1, -0.05) is 11.6 Å². The molecule has 0 aliphatic heterocycles. The molecule has 1 aromatic carbocycles. The zero-order chi connectivity index (χ0) is 15.8. The van der Waals surface area contributed by atoms with E-state index in [-0.39, 0.29) is 25.7 Å². The minimum Gasteiger partial charge on any atom is -0.473 e. The molecule has 0 aromatic heterocycles. The predicted octanol–water partition coefficient (Wildman–Crippen LogP) is 2.16. The molecule has 0 fully saturated rings. The topological polar surface area (TPSA) is 76.7 Å². The van der Waals surface area contributed by atoms with Crippen molar-refractivity contribution in [2.24, 2.45) is 0 Å². The van der Waals surface area contributed by atoms with Gasteiger partial charge in [-0.3, -0.25) is 4.79 Å². The van der Waals surface area contributed by atoms with Crippen LogP contribution in [0.15, 0.2) is 12.1 Å². The number of urea groups is 1. The van der Waals surface area contributed by atoms with Crippen LogP contribution >= 0.6 is 11.6 Å². The number of carbonyl (C=O) groups is 2. The number of hydrogen-bond donors (Lipinski definition) is 2. The quantitative estimate of drug-likeness (QED) is 0.623. The highest BCUT2D eigenvalue weighted by molar-refractivity contribution is 6.32. The van der Waals surface area contributed by atoms with Gasteiger partial charge in [-0.05, 0) is 37.1 Å². The van der Waals surface area contributed by atoms with Crippen molar-refractivity contribution in [3.8, 4) is 5.75 Å². The highest BCUT2D eigenvalue weighted by Gasteiger charge is 2.05. The molecule has 0 radical (unpaired) electrons. The minimum atomic E-state index is -0.415.